The lowest BCUT2D eigenvalue weighted by molar-refractivity contribution is -0.117. The van der Waals surface area contributed by atoms with Gasteiger partial charge in [0.1, 0.15) is 5.60 Å². The maximum Gasteiger partial charge on any atom is 0.269 e. The summed E-state index contributed by atoms with van der Waals surface area (Å²) in [6, 6.07) is 7.18. The number of ether oxygens (including phenoxy) is 1. The van der Waals surface area contributed by atoms with Gasteiger partial charge in [-0.15, -0.1) is 0 Å². The van der Waals surface area contributed by atoms with Crippen molar-refractivity contribution in [1.82, 2.24) is 14.9 Å². The number of aliphatic hydroxyl groups is 1. The monoisotopic (exact) mass is 449 g/mol. The first-order valence-corrected chi connectivity index (χ1v) is 10.5. The molecule has 0 spiro atoms. The Morgan fingerprint density at radius 3 is 3.00 bits per heavy atom. The summed E-state index contributed by atoms with van der Waals surface area (Å²) in [5, 5.41) is 13.8. The highest BCUT2D eigenvalue weighted by molar-refractivity contribution is 5.96. The van der Waals surface area contributed by atoms with Crippen molar-refractivity contribution < 1.29 is 19.4 Å². The number of benzene rings is 1. The summed E-state index contributed by atoms with van der Waals surface area (Å²) in [6.45, 7) is 5.18. The zero-order valence-electron chi connectivity index (χ0n) is 18.5. The van der Waals surface area contributed by atoms with Crippen LogP contribution in [-0.4, -0.2) is 70.7 Å². The standard InChI is InChI=1S/C24H27N5O4/c1-3-24(32,10-11-29(2)16-30)9-7-17-5-4-6-18(13-17)23-26-14-20(21(28-23)22(25)31)27-19-8-12-33-15-19/h3-6,13-14,16,19,27,32H,1,8,10-12,15H2,2H3,(H2,25,31)/t19-,24-/m0/s1. The third kappa shape index (κ3) is 6.38. The van der Waals surface area contributed by atoms with Crippen LogP contribution in [0.2, 0.25) is 0 Å². The lowest BCUT2D eigenvalue weighted by Crippen LogP contribution is -2.30. The highest BCUT2D eigenvalue weighted by Gasteiger charge is 2.21. The molecule has 0 bridgehead atoms. The van der Waals surface area contributed by atoms with Crippen molar-refractivity contribution in [3.8, 4) is 23.2 Å². The van der Waals surface area contributed by atoms with Crippen LogP contribution in [0.1, 0.15) is 28.9 Å². The van der Waals surface area contributed by atoms with Gasteiger partial charge in [0.15, 0.2) is 11.5 Å². The number of carbonyl (C=O) groups excluding carboxylic acids is 2. The van der Waals surface area contributed by atoms with Gasteiger partial charge in [0.25, 0.3) is 5.91 Å². The van der Waals surface area contributed by atoms with E-state index in [1.165, 1.54) is 11.0 Å². The van der Waals surface area contributed by atoms with Crippen LogP contribution in [-0.2, 0) is 9.53 Å². The molecule has 1 aromatic heterocycles. The van der Waals surface area contributed by atoms with Crippen LogP contribution in [0, 0.1) is 11.8 Å². The number of rotatable bonds is 9. The van der Waals surface area contributed by atoms with Gasteiger partial charge >= 0.3 is 0 Å². The van der Waals surface area contributed by atoms with Crippen LogP contribution in [0.5, 0.6) is 0 Å². The first-order valence-electron chi connectivity index (χ1n) is 10.5. The van der Waals surface area contributed by atoms with Gasteiger partial charge in [0.05, 0.1) is 24.5 Å². The van der Waals surface area contributed by atoms with Crippen molar-refractivity contribution in [1.29, 1.82) is 0 Å². The summed E-state index contributed by atoms with van der Waals surface area (Å²) in [5.41, 5.74) is 5.93. The van der Waals surface area contributed by atoms with E-state index in [4.69, 9.17) is 10.5 Å². The molecule has 1 aromatic carbocycles. The second kappa shape index (κ2) is 10.7. The predicted molar refractivity (Wildman–Crippen MR) is 124 cm³/mol. The maximum absolute atomic E-state index is 12.0. The molecule has 4 N–H and O–H groups in total. The molecule has 3 rings (SSSR count). The van der Waals surface area contributed by atoms with E-state index >= 15 is 0 Å². The van der Waals surface area contributed by atoms with Crippen LogP contribution in [0.4, 0.5) is 5.69 Å². The summed E-state index contributed by atoms with van der Waals surface area (Å²) in [4.78, 5) is 32.9. The van der Waals surface area contributed by atoms with Crippen LogP contribution in [0.15, 0.2) is 43.1 Å². The van der Waals surface area contributed by atoms with Crippen molar-refractivity contribution in [2.24, 2.45) is 5.73 Å². The van der Waals surface area contributed by atoms with E-state index in [2.05, 4.69) is 33.7 Å². The number of aromatic nitrogens is 2. The second-order valence-corrected chi connectivity index (χ2v) is 7.82. The Balaban J connectivity index is 1.83. The van der Waals surface area contributed by atoms with Crippen LogP contribution < -0.4 is 11.1 Å². The van der Waals surface area contributed by atoms with Gasteiger partial charge < -0.3 is 25.8 Å². The van der Waals surface area contributed by atoms with E-state index < -0.39 is 11.5 Å². The highest BCUT2D eigenvalue weighted by atomic mass is 16.5. The van der Waals surface area contributed by atoms with E-state index in [-0.39, 0.29) is 18.2 Å². The van der Waals surface area contributed by atoms with Crippen molar-refractivity contribution in [3.05, 3.63) is 54.4 Å². The summed E-state index contributed by atoms with van der Waals surface area (Å²) in [7, 11) is 1.62. The van der Waals surface area contributed by atoms with Gasteiger partial charge in [-0.25, -0.2) is 9.97 Å². The van der Waals surface area contributed by atoms with E-state index in [1.807, 2.05) is 0 Å². The van der Waals surface area contributed by atoms with Crippen LogP contribution in [0.25, 0.3) is 11.4 Å². The van der Waals surface area contributed by atoms with Gasteiger partial charge in [-0.1, -0.05) is 30.6 Å². The molecule has 9 heteroatoms. The molecule has 2 heterocycles. The molecular weight excluding hydrogens is 422 g/mol. The van der Waals surface area contributed by atoms with Crippen molar-refractivity contribution in [3.63, 3.8) is 0 Å². The Bertz CT molecular complexity index is 1090. The summed E-state index contributed by atoms with van der Waals surface area (Å²) < 4.78 is 5.35. The van der Waals surface area contributed by atoms with Crippen LogP contribution in [0.3, 0.4) is 0 Å². The van der Waals surface area contributed by atoms with E-state index in [0.29, 0.717) is 48.8 Å². The topological polar surface area (TPSA) is 131 Å². The minimum atomic E-state index is -1.44. The molecule has 172 valence electrons. The fourth-order valence-corrected chi connectivity index (χ4v) is 3.21. The summed E-state index contributed by atoms with van der Waals surface area (Å²) >= 11 is 0. The number of nitrogens with zero attached hydrogens (tertiary/aromatic N) is 3. The van der Waals surface area contributed by atoms with Crippen molar-refractivity contribution >= 4 is 18.0 Å². The third-order valence-electron chi connectivity index (χ3n) is 5.22. The van der Waals surface area contributed by atoms with Gasteiger partial charge in [-0.2, -0.15) is 0 Å². The van der Waals surface area contributed by atoms with E-state index in [1.54, 1.807) is 37.5 Å². The molecule has 1 saturated heterocycles. The molecular formula is C24H27N5O4. The predicted octanol–water partition coefficient (Wildman–Crippen LogP) is 1.19. The SMILES string of the molecule is C=C[C@](O)(C#Cc1cccc(-c2ncc(N[C@H]3CCOC3)c(C(N)=O)n2)c1)CCN(C)C=O. The average molecular weight is 450 g/mol. The molecule has 9 nitrogen and oxygen atoms in total. The zero-order valence-corrected chi connectivity index (χ0v) is 18.5. The first-order chi connectivity index (χ1) is 15.8. The fraction of sp³-hybridized carbons (Fsp3) is 0.333. The minimum Gasteiger partial charge on any atom is -0.379 e. The fourth-order valence-electron chi connectivity index (χ4n) is 3.21. The number of nitrogens with two attached hydrogens (primary N) is 1. The Kier molecular flexibility index (Phi) is 7.77. The van der Waals surface area contributed by atoms with Crippen LogP contribution >= 0.6 is 0 Å². The number of anilines is 1. The molecule has 1 aliphatic heterocycles. The molecule has 2 atom stereocenters. The summed E-state index contributed by atoms with van der Waals surface area (Å²) in [5.74, 6) is 5.41. The van der Waals surface area contributed by atoms with Gasteiger partial charge in [0.2, 0.25) is 6.41 Å². The molecule has 2 amide bonds. The molecule has 1 aliphatic rings. The van der Waals surface area contributed by atoms with Crippen molar-refractivity contribution in [2.45, 2.75) is 24.5 Å². The number of primary amides is 1. The molecule has 2 aromatic rings. The molecule has 0 radical (unpaired) electrons. The Labute approximate surface area is 192 Å². The second-order valence-electron chi connectivity index (χ2n) is 7.82. The number of amides is 2. The minimum absolute atomic E-state index is 0.0751. The Hall–Kier alpha value is -3.74. The maximum atomic E-state index is 12.0. The molecule has 0 unspecified atom stereocenters. The molecule has 0 aliphatic carbocycles. The highest BCUT2D eigenvalue weighted by Crippen LogP contribution is 2.22. The Morgan fingerprint density at radius 2 is 2.33 bits per heavy atom. The van der Waals surface area contributed by atoms with E-state index in [9.17, 15) is 14.7 Å². The largest absolute Gasteiger partial charge is 0.379 e. The van der Waals surface area contributed by atoms with E-state index in [0.717, 1.165) is 6.42 Å². The molecule has 33 heavy (non-hydrogen) atoms. The quantitative estimate of drug-likeness (QED) is 0.298. The third-order valence-corrected chi connectivity index (χ3v) is 5.22. The smallest absolute Gasteiger partial charge is 0.269 e. The lowest BCUT2D eigenvalue weighted by Gasteiger charge is -2.20. The first kappa shape index (κ1) is 23.9. The zero-order chi connectivity index (χ0) is 23.8. The number of nitrogens with one attached hydrogen (secondary N) is 1. The number of carbonyl (C=O) groups is 2. The normalized spacial score (nSPS) is 16.7. The number of hydrogen-bond acceptors (Lipinski definition) is 7. The summed E-state index contributed by atoms with van der Waals surface area (Å²) in [6.07, 6.45) is 4.63. The molecule has 0 saturated carbocycles. The average Bonchev–Trinajstić information content (AvgIpc) is 3.34. The Morgan fingerprint density at radius 1 is 1.52 bits per heavy atom. The lowest BCUT2D eigenvalue weighted by atomic mass is 9.99. The number of hydrogen-bond donors (Lipinski definition) is 3. The van der Waals surface area contributed by atoms with Gasteiger partial charge in [-0.3, -0.25) is 9.59 Å². The molecule has 1 fully saturated rings. The van der Waals surface area contributed by atoms with Crippen molar-refractivity contribution in [2.75, 3.05) is 32.1 Å². The van der Waals surface area contributed by atoms with Gasteiger partial charge in [-0.05, 0) is 24.6 Å². The van der Waals surface area contributed by atoms with Gasteiger partial charge in [0, 0.05) is 37.7 Å².